The lowest BCUT2D eigenvalue weighted by Crippen LogP contribution is -2.36. The number of rotatable bonds is 16. The third kappa shape index (κ3) is 8.98. The maximum atomic E-state index is 11.8. The summed E-state index contributed by atoms with van der Waals surface area (Å²) in [6, 6.07) is 0.460. The molecule has 0 saturated carbocycles. The summed E-state index contributed by atoms with van der Waals surface area (Å²) in [7, 11) is 0. The number of amides is 3. The number of hydrogen-bond donors (Lipinski definition) is 4. The molecule has 2 saturated heterocycles. The highest BCUT2D eigenvalue weighted by Gasteiger charge is 2.42. The van der Waals surface area contributed by atoms with Gasteiger partial charge in [0.1, 0.15) is 0 Å². The van der Waals surface area contributed by atoms with Gasteiger partial charge in [-0.15, -0.1) is 0 Å². The summed E-state index contributed by atoms with van der Waals surface area (Å²) in [5.74, 6) is 1.04. The first-order valence-corrected chi connectivity index (χ1v) is 11.5. The van der Waals surface area contributed by atoms with Gasteiger partial charge in [0.15, 0.2) is 0 Å². The number of hydrogen-bond acceptors (Lipinski definition) is 6. The van der Waals surface area contributed by atoms with E-state index in [2.05, 4.69) is 16.0 Å². The summed E-state index contributed by atoms with van der Waals surface area (Å²) in [5.41, 5.74) is 0. The molecule has 2 aliphatic rings. The van der Waals surface area contributed by atoms with Crippen molar-refractivity contribution >= 4 is 23.7 Å². The first-order valence-electron chi connectivity index (χ1n) is 10.4. The molecule has 0 aromatic carbocycles. The molecule has 3 atom stereocenters. The molecule has 0 bridgehead atoms. The summed E-state index contributed by atoms with van der Waals surface area (Å²) in [6.07, 6.45) is 6.20. The van der Waals surface area contributed by atoms with E-state index in [4.69, 9.17) is 14.6 Å². The molecule has 3 amide bonds. The van der Waals surface area contributed by atoms with Crippen LogP contribution in [0.15, 0.2) is 0 Å². The van der Waals surface area contributed by atoms with E-state index in [1.54, 1.807) is 0 Å². The number of urea groups is 1. The predicted molar refractivity (Wildman–Crippen MR) is 110 cm³/mol. The van der Waals surface area contributed by atoms with Gasteiger partial charge in [-0.05, 0) is 32.1 Å². The second kappa shape index (κ2) is 14.0. The number of aliphatic hydroxyl groups is 1. The molecule has 3 unspecified atom stereocenters. The fourth-order valence-electron chi connectivity index (χ4n) is 3.44. The second-order valence-electron chi connectivity index (χ2n) is 7.23. The minimum absolute atomic E-state index is 0.0495. The van der Waals surface area contributed by atoms with E-state index in [9.17, 15) is 9.59 Å². The Hall–Kier alpha value is -1.03. The number of unbranched alkanes of at least 4 members (excludes halogenated alkanes) is 3. The van der Waals surface area contributed by atoms with Crippen LogP contribution in [0, 0.1) is 0 Å². The molecule has 2 heterocycles. The number of thioether (sulfide) groups is 1. The number of nitrogens with one attached hydrogen (secondary N) is 3. The van der Waals surface area contributed by atoms with Crippen LogP contribution in [0.5, 0.6) is 0 Å². The molecule has 2 aliphatic heterocycles. The van der Waals surface area contributed by atoms with Crippen LogP contribution < -0.4 is 16.0 Å². The maximum absolute atomic E-state index is 11.8. The van der Waals surface area contributed by atoms with Crippen LogP contribution in [-0.4, -0.2) is 79.7 Å². The van der Waals surface area contributed by atoms with Gasteiger partial charge in [0.05, 0.1) is 31.9 Å². The highest BCUT2D eigenvalue weighted by Crippen LogP contribution is 2.33. The summed E-state index contributed by atoms with van der Waals surface area (Å²) in [4.78, 5) is 23.2. The van der Waals surface area contributed by atoms with E-state index in [-0.39, 0.29) is 30.6 Å². The van der Waals surface area contributed by atoms with Gasteiger partial charge in [0.25, 0.3) is 0 Å². The van der Waals surface area contributed by atoms with Gasteiger partial charge in [0, 0.05) is 37.2 Å². The highest BCUT2D eigenvalue weighted by atomic mass is 32.2. The van der Waals surface area contributed by atoms with Crippen molar-refractivity contribution in [2.24, 2.45) is 0 Å². The summed E-state index contributed by atoms with van der Waals surface area (Å²) >= 11 is 1.91. The Labute approximate surface area is 171 Å². The van der Waals surface area contributed by atoms with Crippen molar-refractivity contribution in [3.05, 3.63) is 0 Å². The Kier molecular flexibility index (Phi) is 11.7. The smallest absolute Gasteiger partial charge is 0.315 e. The van der Waals surface area contributed by atoms with Crippen LogP contribution in [0.25, 0.3) is 0 Å². The van der Waals surface area contributed by atoms with Crippen LogP contribution in [-0.2, 0) is 14.3 Å². The maximum Gasteiger partial charge on any atom is 0.315 e. The molecule has 0 aromatic rings. The number of aliphatic hydroxyl groups excluding tert-OH is 1. The topological polar surface area (TPSA) is 109 Å². The summed E-state index contributed by atoms with van der Waals surface area (Å²) in [5, 5.41) is 17.9. The monoisotopic (exact) mass is 417 g/mol. The molecule has 162 valence electrons. The molecular formula is C19H35N3O5S. The van der Waals surface area contributed by atoms with Gasteiger partial charge in [-0.1, -0.05) is 6.42 Å². The number of fused-ring (bicyclic) bond motifs is 1. The largest absolute Gasteiger partial charge is 0.396 e. The standard InChI is InChI=1S/C19H35N3O5S/c23-9-4-1-5-10-26-12-13-27-11-8-20-17(24)7-3-2-6-16-18-15(14-28-16)21-19(25)22-18/h15-16,18,23H,1-14H2,(H,20,24)(H2,21,22,25). The van der Waals surface area contributed by atoms with Crippen molar-refractivity contribution in [2.45, 2.75) is 62.3 Å². The lowest BCUT2D eigenvalue weighted by Gasteiger charge is -2.16. The van der Waals surface area contributed by atoms with Crippen molar-refractivity contribution < 1.29 is 24.2 Å². The predicted octanol–water partition coefficient (Wildman–Crippen LogP) is 1.02. The average molecular weight is 418 g/mol. The lowest BCUT2D eigenvalue weighted by atomic mass is 10.0. The van der Waals surface area contributed by atoms with E-state index < -0.39 is 0 Å². The molecule has 2 fully saturated rings. The Morgan fingerprint density at radius 1 is 1.07 bits per heavy atom. The third-order valence-corrected chi connectivity index (χ3v) is 6.48. The first kappa shape index (κ1) is 23.3. The van der Waals surface area contributed by atoms with Crippen LogP contribution in [0.3, 0.4) is 0 Å². The van der Waals surface area contributed by atoms with Crippen LogP contribution in [0.2, 0.25) is 0 Å². The van der Waals surface area contributed by atoms with E-state index in [0.29, 0.717) is 44.6 Å². The van der Waals surface area contributed by atoms with Crippen molar-refractivity contribution in [3.8, 4) is 0 Å². The molecule has 0 spiro atoms. The normalized spacial score (nSPS) is 23.3. The van der Waals surface area contributed by atoms with Crippen molar-refractivity contribution in [1.82, 2.24) is 16.0 Å². The lowest BCUT2D eigenvalue weighted by molar-refractivity contribution is -0.121. The third-order valence-electron chi connectivity index (χ3n) is 4.97. The quantitative estimate of drug-likeness (QED) is 0.221. The zero-order chi connectivity index (χ0) is 20.0. The zero-order valence-corrected chi connectivity index (χ0v) is 17.4. The average Bonchev–Trinajstić information content (AvgIpc) is 3.22. The number of carbonyl (C=O) groups is 2. The molecule has 0 aliphatic carbocycles. The summed E-state index contributed by atoms with van der Waals surface area (Å²) in [6.45, 7) is 3.05. The van der Waals surface area contributed by atoms with E-state index in [1.807, 2.05) is 11.8 Å². The first-order chi connectivity index (χ1) is 13.7. The Morgan fingerprint density at radius 2 is 1.89 bits per heavy atom. The van der Waals surface area contributed by atoms with Gasteiger partial charge < -0.3 is 30.5 Å². The molecule has 28 heavy (non-hydrogen) atoms. The molecular weight excluding hydrogens is 382 g/mol. The Bertz CT molecular complexity index is 469. The van der Waals surface area contributed by atoms with Crippen molar-refractivity contribution in [1.29, 1.82) is 0 Å². The van der Waals surface area contributed by atoms with Gasteiger partial charge >= 0.3 is 6.03 Å². The van der Waals surface area contributed by atoms with E-state index in [1.165, 1.54) is 0 Å². The van der Waals surface area contributed by atoms with Gasteiger partial charge in [0.2, 0.25) is 5.91 Å². The van der Waals surface area contributed by atoms with Gasteiger partial charge in [-0.3, -0.25) is 4.79 Å². The van der Waals surface area contributed by atoms with Crippen molar-refractivity contribution in [3.63, 3.8) is 0 Å². The minimum Gasteiger partial charge on any atom is -0.396 e. The molecule has 0 radical (unpaired) electrons. The van der Waals surface area contributed by atoms with E-state index >= 15 is 0 Å². The molecule has 4 N–H and O–H groups in total. The number of ether oxygens (including phenoxy) is 2. The SMILES string of the molecule is O=C(CCCCC1SCC2NC(=O)NC21)NCCOCCOCCCCCO. The molecule has 9 heteroatoms. The summed E-state index contributed by atoms with van der Waals surface area (Å²) < 4.78 is 10.9. The second-order valence-corrected chi connectivity index (χ2v) is 8.50. The van der Waals surface area contributed by atoms with Crippen molar-refractivity contribution in [2.75, 3.05) is 45.3 Å². The fraction of sp³-hybridized carbons (Fsp3) is 0.895. The molecule has 2 rings (SSSR count). The van der Waals surface area contributed by atoms with E-state index in [0.717, 1.165) is 44.3 Å². The van der Waals surface area contributed by atoms with Crippen LogP contribution in [0.1, 0.15) is 44.9 Å². The van der Waals surface area contributed by atoms with Crippen LogP contribution >= 0.6 is 11.8 Å². The highest BCUT2D eigenvalue weighted by molar-refractivity contribution is 8.00. The Morgan fingerprint density at radius 3 is 2.71 bits per heavy atom. The fourth-order valence-corrected chi connectivity index (χ4v) is 4.98. The minimum atomic E-state index is -0.0495. The van der Waals surface area contributed by atoms with Gasteiger partial charge in [-0.2, -0.15) is 11.8 Å². The molecule has 0 aromatic heterocycles. The van der Waals surface area contributed by atoms with Gasteiger partial charge in [-0.25, -0.2) is 4.79 Å². The number of carbonyl (C=O) groups excluding carboxylic acids is 2. The molecule has 8 nitrogen and oxygen atoms in total. The Balaban J connectivity index is 1.34. The zero-order valence-electron chi connectivity index (χ0n) is 16.6. The van der Waals surface area contributed by atoms with Crippen LogP contribution in [0.4, 0.5) is 4.79 Å².